The monoisotopic (exact) mass is 444 g/mol. The van der Waals surface area contributed by atoms with Crippen LogP contribution in [0.1, 0.15) is 43.7 Å². The second-order valence-electron chi connectivity index (χ2n) is 8.24. The van der Waals surface area contributed by atoms with Crippen molar-refractivity contribution in [2.45, 2.75) is 39.7 Å². The Morgan fingerprint density at radius 3 is 2.65 bits per heavy atom. The van der Waals surface area contributed by atoms with Gasteiger partial charge in [-0.15, -0.1) is 11.3 Å². The van der Waals surface area contributed by atoms with Crippen LogP contribution in [0.5, 0.6) is 11.5 Å². The number of hydrogen-bond donors (Lipinski definition) is 0. The molecule has 6 nitrogen and oxygen atoms in total. The third kappa shape index (κ3) is 5.79. The Labute approximate surface area is 188 Å². The van der Waals surface area contributed by atoms with E-state index in [2.05, 4.69) is 25.3 Å². The molecule has 1 aliphatic heterocycles. The average Bonchev–Trinajstić information content (AvgIpc) is 3.23. The molecule has 0 spiro atoms. The average molecular weight is 445 g/mol. The SMILES string of the molecule is COc1ccccc1OCC1c2ccsc2CCN1C(=O)CN(CCC(C)C)C(C)=O. The van der Waals surface area contributed by atoms with Crippen LogP contribution in [-0.2, 0) is 16.0 Å². The summed E-state index contributed by atoms with van der Waals surface area (Å²) < 4.78 is 11.5. The van der Waals surface area contributed by atoms with E-state index >= 15 is 0 Å². The van der Waals surface area contributed by atoms with E-state index in [0.717, 1.165) is 18.4 Å². The lowest BCUT2D eigenvalue weighted by Gasteiger charge is -2.37. The molecule has 168 valence electrons. The molecule has 1 aromatic heterocycles. The number of fused-ring (bicyclic) bond motifs is 1. The fourth-order valence-corrected chi connectivity index (χ4v) is 4.73. The van der Waals surface area contributed by atoms with Crippen molar-refractivity contribution in [3.05, 3.63) is 46.2 Å². The lowest BCUT2D eigenvalue weighted by atomic mass is 10.0. The van der Waals surface area contributed by atoms with Crippen LogP contribution in [0, 0.1) is 5.92 Å². The first kappa shape index (κ1) is 23.1. The Morgan fingerprint density at radius 1 is 1.23 bits per heavy atom. The molecule has 0 fully saturated rings. The van der Waals surface area contributed by atoms with E-state index in [1.807, 2.05) is 29.2 Å². The highest BCUT2D eigenvalue weighted by Crippen LogP contribution is 2.35. The predicted molar refractivity (Wildman–Crippen MR) is 123 cm³/mol. The smallest absolute Gasteiger partial charge is 0.242 e. The van der Waals surface area contributed by atoms with Crippen LogP contribution in [0.2, 0.25) is 0 Å². The topological polar surface area (TPSA) is 59.1 Å². The van der Waals surface area contributed by atoms with Crippen molar-refractivity contribution < 1.29 is 19.1 Å². The molecule has 0 aliphatic carbocycles. The molecule has 0 saturated carbocycles. The lowest BCUT2D eigenvalue weighted by molar-refractivity contribution is -0.142. The summed E-state index contributed by atoms with van der Waals surface area (Å²) in [5.74, 6) is 1.69. The minimum atomic E-state index is -0.189. The Morgan fingerprint density at radius 2 is 1.97 bits per heavy atom. The van der Waals surface area contributed by atoms with Gasteiger partial charge in [-0.25, -0.2) is 0 Å². The van der Waals surface area contributed by atoms with E-state index in [9.17, 15) is 9.59 Å². The highest BCUT2D eigenvalue weighted by Gasteiger charge is 2.33. The van der Waals surface area contributed by atoms with Gasteiger partial charge < -0.3 is 19.3 Å². The maximum atomic E-state index is 13.3. The van der Waals surface area contributed by atoms with Crippen molar-refractivity contribution in [3.8, 4) is 11.5 Å². The maximum absolute atomic E-state index is 13.3. The number of carbonyl (C=O) groups excluding carboxylic acids is 2. The van der Waals surface area contributed by atoms with E-state index in [1.54, 1.807) is 23.3 Å². The minimum Gasteiger partial charge on any atom is -0.493 e. The first-order chi connectivity index (χ1) is 14.9. The Hall–Kier alpha value is -2.54. The summed E-state index contributed by atoms with van der Waals surface area (Å²) in [6.07, 6.45) is 1.71. The molecule has 1 aromatic carbocycles. The van der Waals surface area contributed by atoms with Crippen molar-refractivity contribution in [2.24, 2.45) is 5.92 Å². The van der Waals surface area contributed by atoms with Crippen LogP contribution in [0.3, 0.4) is 0 Å². The molecular weight excluding hydrogens is 412 g/mol. The zero-order chi connectivity index (χ0) is 22.4. The summed E-state index contributed by atoms with van der Waals surface area (Å²) in [6.45, 7) is 7.43. The zero-order valence-electron chi connectivity index (χ0n) is 18.8. The van der Waals surface area contributed by atoms with Crippen molar-refractivity contribution in [3.63, 3.8) is 0 Å². The third-order valence-corrected chi connectivity index (χ3v) is 6.63. The number of methoxy groups -OCH3 is 1. The van der Waals surface area contributed by atoms with Crippen LogP contribution in [0.4, 0.5) is 0 Å². The summed E-state index contributed by atoms with van der Waals surface area (Å²) in [6, 6.07) is 9.41. The first-order valence-electron chi connectivity index (χ1n) is 10.8. The molecule has 0 N–H and O–H groups in total. The number of carbonyl (C=O) groups is 2. The number of thiophene rings is 1. The van der Waals surface area contributed by atoms with Gasteiger partial charge in [-0.1, -0.05) is 26.0 Å². The normalized spacial score (nSPS) is 15.5. The standard InChI is InChI=1S/C24H32N2O4S/c1-17(2)9-12-25(18(3)27)15-24(28)26-13-10-23-19(11-14-31-23)20(26)16-30-22-8-6-5-7-21(22)29-4/h5-8,11,14,17,20H,9-10,12-13,15-16H2,1-4H3. The number of benzene rings is 1. The van der Waals surface area contributed by atoms with Gasteiger partial charge in [0.05, 0.1) is 19.7 Å². The molecule has 0 radical (unpaired) electrons. The quantitative estimate of drug-likeness (QED) is 0.583. The van der Waals surface area contributed by atoms with Crippen LogP contribution >= 0.6 is 11.3 Å². The van der Waals surface area contributed by atoms with Gasteiger partial charge in [0.15, 0.2) is 11.5 Å². The van der Waals surface area contributed by atoms with Crippen molar-refractivity contribution in [2.75, 3.05) is 33.4 Å². The highest BCUT2D eigenvalue weighted by molar-refractivity contribution is 7.10. The Kier molecular flexibility index (Phi) is 7.96. The molecule has 7 heteroatoms. The molecule has 1 atom stereocenters. The summed E-state index contributed by atoms with van der Waals surface area (Å²) >= 11 is 1.72. The largest absolute Gasteiger partial charge is 0.493 e. The van der Waals surface area contributed by atoms with Gasteiger partial charge in [0.25, 0.3) is 0 Å². The molecule has 31 heavy (non-hydrogen) atoms. The molecule has 0 bridgehead atoms. The van der Waals surface area contributed by atoms with Crippen LogP contribution in [0.25, 0.3) is 0 Å². The van der Waals surface area contributed by atoms with Gasteiger partial charge in [0, 0.05) is 24.9 Å². The Bertz CT molecular complexity index is 895. The van der Waals surface area contributed by atoms with E-state index in [-0.39, 0.29) is 24.4 Å². The number of para-hydroxylation sites is 2. The second kappa shape index (κ2) is 10.7. The number of amides is 2. The van der Waals surface area contributed by atoms with Crippen LogP contribution in [0.15, 0.2) is 35.7 Å². The molecule has 1 aliphatic rings. The fourth-order valence-electron chi connectivity index (χ4n) is 3.80. The predicted octanol–water partition coefficient (Wildman–Crippen LogP) is 4.16. The van der Waals surface area contributed by atoms with Crippen LogP contribution < -0.4 is 9.47 Å². The highest BCUT2D eigenvalue weighted by atomic mass is 32.1. The number of nitrogens with zero attached hydrogens (tertiary/aromatic N) is 2. The molecule has 0 saturated heterocycles. The summed E-state index contributed by atoms with van der Waals surface area (Å²) in [5.41, 5.74) is 1.14. The molecular formula is C24H32N2O4S. The fraction of sp³-hybridized carbons (Fsp3) is 0.500. The van der Waals surface area contributed by atoms with Crippen molar-refractivity contribution in [1.29, 1.82) is 0 Å². The minimum absolute atomic E-state index is 0.0376. The molecule has 1 unspecified atom stereocenters. The van der Waals surface area contributed by atoms with Crippen LogP contribution in [-0.4, -0.2) is 55.0 Å². The number of ether oxygens (including phenoxy) is 2. The zero-order valence-corrected chi connectivity index (χ0v) is 19.6. The maximum Gasteiger partial charge on any atom is 0.242 e. The van der Waals surface area contributed by atoms with Gasteiger partial charge in [-0.05, 0) is 47.9 Å². The van der Waals surface area contributed by atoms with Gasteiger partial charge in [-0.3, -0.25) is 9.59 Å². The van der Waals surface area contributed by atoms with Crippen molar-refractivity contribution in [1.82, 2.24) is 9.80 Å². The van der Waals surface area contributed by atoms with E-state index in [0.29, 0.717) is 37.1 Å². The molecule has 3 rings (SSSR count). The van der Waals surface area contributed by atoms with Crippen molar-refractivity contribution >= 4 is 23.2 Å². The molecule has 2 amide bonds. The molecule has 2 heterocycles. The summed E-state index contributed by atoms with van der Waals surface area (Å²) in [5, 5.41) is 2.07. The van der Waals surface area contributed by atoms with E-state index in [4.69, 9.17) is 9.47 Å². The number of hydrogen-bond acceptors (Lipinski definition) is 5. The van der Waals surface area contributed by atoms with E-state index < -0.39 is 0 Å². The first-order valence-corrected chi connectivity index (χ1v) is 11.7. The van der Waals surface area contributed by atoms with Gasteiger partial charge in [0.1, 0.15) is 6.61 Å². The second-order valence-corrected chi connectivity index (χ2v) is 9.24. The van der Waals surface area contributed by atoms with Gasteiger partial charge >= 0.3 is 0 Å². The Balaban J connectivity index is 1.76. The van der Waals surface area contributed by atoms with E-state index in [1.165, 1.54) is 11.8 Å². The van der Waals surface area contributed by atoms with Gasteiger partial charge in [0.2, 0.25) is 11.8 Å². The molecule has 2 aromatic rings. The lowest BCUT2D eigenvalue weighted by Crippen LogP contribution is -2.47. The van der Waals surface area contributed by atoms with Gasteiger partial charge in [-0.2, -0.15) is 0 Å². The summed E-state index contributed by atoms with van der Waals surface area (Å²) in [7, 11) is 1.61. The summed E-state index contributed by atoms with van der Waals surface area (Å²) in [4.78, 5) is 30.2. The number of rotatable bonds is 9. The third-order valence-electron chi connectivity index (χ3n) is 5.63.